The summed E-state index contributed by atoms with van der Waals surface area (Å²) in [6.07, 6.45) is 4.48. The quantitative estimate of drug-likeness (QED) is 0.915. The van der Waals surface area contributed by atoms with Crippen molar-refractivity contribution in [1.82, 2.24) is 9.78 Å². The third-order valence-electron chi connectivity index (χ3n) is 3.43. The van der Waals surface area contributed by atoms with Gasteiger partial charge in [-0.05, 0) is 47.5 Å². The second-order valence-corrected chi connectivity index (χ2v) is 5.18. The van der Waals surface area contributed by atoms with Crippen molar-refractivity contribution in [3.8, 4) is 0 Å². The van der Waals surface area contributed by atoms with Gasteiger partial charge in [0.15, 0.2) is 0 Å². The number of nitrogens with two attached hydrogens (primary N) is 1. The van der Waals surface area contributed by atoms with Crippen LogP contribution in [0.1, 0.15) is 31.2 Å². The van der Waals surface area contributed by atoms with E-state index in [0.717, 1.165) is 18.5 Å². The molecular weight excluding hydrogens is 254 g/mol. The summed E-state index contributed by atoms with van der Waals surface area (Å²) in [4.78, 5) is 0. The molecule has 0 aliphatic heterocycles. The first-order chi connectivity index (χ1) is 7.13. The molecule has 84 valence electrons. The summed E-state index contributed by atoms with van der Waals surface area (Å²) in [5.41, 5.74) is 8.42. The summed E-state index contributed by atoms with van der Waals surface area (Å²) in [5.74, 6) is 0.654. The van der Waals surface area contributed by atoms with E-state index in [1.165, 1.54) is 23.0 Å². The molecule has 2 unspecified atom stereocenters. The normalized spacial score (nSPS) is 25.3. The minimum absolute atomic E-state index is 0.400. The Hall–Kier alpha value is -0.350. The molecule has 0 bridgehead atoms. The van der Waals surface area contributed by atoms with Gasteiger partial charge in [0.05, 0.1) is 15.9 Å². The monoisotopic (exact) mass is 271 g/mol. The lowest BCUT2D eigenvalue weighted by Crippen LogP contribution is -2.40. The Bertz CT molecular complexity index is 359. The van der Waals surface area contributed by atoms with Crippen molar-refractivity contribution in [1.29, 1.82) is 0 Å². The molecule has 2 atom stereocenters. The number of hydrogen-bond acceptors (Lipinski definition) is 2. The Balaban J connectivity index is 2.16. The van der Waals surface area contributed by atoms with E-state index in [0.29, 0.717) is 12.0 Å². The molecule has 4 heteroatoms. The molecule has 0 spiro atoms. The van der Waals surface area contributed by atoms with Crippen LogP contribution in [-0.2, 0) is 19.9 Å². The SMILES string of the molecule is CCc1nn(C)c(CC2CCC2N)c1Br. The highest BCUT2D eigenvalue weighted by Gasteiger charge is 2.29. The summed E-state index contributed by atoms with van der Waals surface area (Å²) >= 11 is 3.64. The van der Waals surface area contributed by atoms with Gasteiger partial charge in [-0.15, -0.1) is 0 Å². The van der Waals surface area contributed by atoms with Crippen molar-refractivity contribution in [3.05, 3.63) is 15.9 Å². The highest BCUT2D eigenvalue weighted by Crippen LogP contribution is 2.32. The smallest absolute Gasteiger partial charge is 0.0766 e. The molecule has 1 fully saturated rings. The van der Waals surface area contributed by atoms with Gasteiger partial charge in [0.25, 0.3) is 0 Å². The van der Waals surface area contributed by atoms with Gasteiger partial charge in [0.2, 0.25) is 0 Å². The highest BCUT2D eigenvalue weighted by atomic mass is 79.9. The molecule has 0 amide bonds. The summed E-state index contributed by atoms with van der Waals surface area (Å²) in [5, 5.41) is 4.49. The molecule has 1 aliphatic carbocycles. The first-order valence-electron chi connectivity index (χ1n) is 5.59. The fraction of sp³-hybridized carbons (Fsp3) is 0.727. The predicted octanol–water partition coefficient (Wildman–Crippen LogP) is 2.02. The van der Waals surface area contributed by atoms with Crippen molar-refractivity contribution in [2.45, 2.75) is 38.6 Å². The van der Waals surface area contributed by atoms with Gasteiger partial charge in [-0.25, -0.2) is 0 Å². The first kappa shape index (κ1) is 11.1. The number of aromatic nitrogens is 2. The molecule has 2 N–H and O–H groups in total. The minimum atomic E-state index is 0.400. The molecule has 0 saturated heterocycles. The minimum Gasteiger partial charge on any atom is -0.327 e. The fourth-order valence-electron chi connectivity index (χ4n) is 2.14. The van der Waals surface area contributed by atoms with Crippen molar-refractivity contribution >= 4 is 15.9 Å². The fourth-order valence-corrected chi connectivity index (χ4v) is 2.92. The highest BCUT2D eigenvalue weighted by molar-refractivity contribution is 9.10. The van der Waals surface area contributed by atoms with Crippen LogP contribution in [0.15, 0.2) is 4.47 Å². The van der Waals surface area contributed by atoms with Crippen LogP contribution in [0.2, 0.25) is 0 Å². The molecule has 15 heavy (non-hydrogen) atoms. The Labute approximate surface area is 99.2 Å². The Morgan fingerprint density at radius 2 is 2.27 bits per heavy atom. The maximum atomic E-state index is 5.97. The summed E-state index contributed by atoms with van der Waals surface area (Å²) in [6.45, 7) is 2.13. The zero-order valence-electron chi connectivity index (χ0n) is 9.33. The third-order valence-corrected chi connectivity index (χ3v) is 4.35. The average Bonchev–Trinajstić information content (AvgIpc) is 2.49. The lowest BCUT2D eigenvalue weighted by Gasteiger charge is -2.33. The maximum absolute atomic E-state index is 5.97. The van der Waals surface area contributed by atoms with Gasteiger partial charge in [0, 0.05) is 13.1 Å². The third kappa shape index (κ3) is 1.97. The number of nitrogens with zero attached hydrogens (tertiary/aromatic N) is 2. The van der Waals surface area contributed by atoms with Crippen molar-refractivity contribution in [2.24, 2.45) is 18.7 Å². The van der Waals surface area contributed by atoms with E-state index < -0.39 is 0 Å². The van der Waals surface area contributed by atoms with Gasteiger partial charge >= 0.3 is 0 Å². The molecule has 0 aromatic carbocycles. The number of halogens is 1. The zero-order valence-corrected chi connectivity index (χ0v) is 10.9. The van der Waals surface area contributed by atoms with E-state index in [-0.39, 0.29) is 0 Å². The van der Waals surface area contributed by atoms with Crippen molar-refractivity contribution in [2.75, 3.05) is 0 Å². The molecule has 2 rings (SSSR count). The lowest BCUT2D eigenvalue weighted by molar-refractivity contribution is 0.251. The van der Waals surface area contributed by atoms with Gasteiger partial charge in [-0.1, -0.05) is 6.92 Å². The van der Waals surface area contributed by atoms with Gasteiger partial charge in [-0.2, -0.15) is 5.10 Å². The molecule has 0 radical (unpaired) electrons. The van der Waals surface area contributed by atoms with E-state index >= 15 is 0 Å². The topological polar surface area (TPSA) is 43.8 Å². The van der Waals surface area contributed by atoms with Gasteiger partial charge in [0.1, 0.15) is 0 Å². The maximum Gasteiger partial charge on any atom is 0.0766 e. The molecule has 1 aliphatic rings. The predicted molar refractivity (Wildman–Crippen MR) is 64.7 cm³/mol. The average molecular weight is 272 g/mol. The van der Waals surface area contributed by atoms with Crippen LogP contribution in [0.25, 0.3) is 0 Å². The van der Waals surface area contributed by atoms with Crippen LogP contribution in [0, 0.1) is 5.92 Å². The van der Waals surface area contributed by atoms with E-state index in [2.05, 4.69) is 28.0 Å². The molecule has 1 aromatic rings. The summed E-state index contributed by atoms with van der Waals surface area (Å²) < 4.78 is 3.18. The molecule has 3 nitrogen and oxygen atoms in total. The summed E-state index contributed by atoms with van der Waals surface area (Å²) in [6, 6.07) is 0.400. The van der Waals surface area contributed by atoms with Crippen LogP contribution in [0.3, 0.4) is 0 Å². The van der Waals surface area contributed by atoms with E-state index in [4.69, 9.17) is 5.73 Å². The van der Waals surface area contributed by atoms with E-state index in [9.17, 15) is 0 Å². The van der Waals surface area contributed by atoms with E-state index in [1.807, 2.05) is 11.7 Å². The standard InChI is InChI=1S/C11H18BrN3/c1-3-9-11(12)10(15(2)14-9)6-7-4-5-8(7)13/h7-8H,3-6,13H2,1-2H3. The van der Waals surface area contributed by atoms with Gasteiger partial charge < -0.3 is 5.73 Å². The second-order valence-electron chi connectivity index (χ2n) is 4.39. The molecule has 1 heterocycles. The van der Waals surface area contributed by atoms with Crippen molar-refractivity contribution in [3.63, 3.8) is 0 Å². The van der Waals surface area contributed by atoms with E-state index in [1.54, 1.807) is 0 Å². The second kappa shape index (κ2) is 4.26. The molecule has 1 aromatic heterocycles. The number of aryl methyl sites for hydroxylation is 2. The largest absolute Gasteiger partial charge is 0.327 e. The number of rotatable bonds is 3. The van der Waals surface area contributed by atoms with Gasteiger partial charge in [-0.3, -0.25) is 4.68 Å². The lowest BCUT2D eigenvalue weighted by atomic mass is 9.77. The molecular formula is C11H18BrN3. The Morgan fingerprint density at radius 3 is 2.67 bits per heavy atom. The Kier molecular flexibility index (Phi) is 3.16. The first-order valence-corrected chi connectivity index (χ1v) is 6.38. The molecule has 1 saturated carbocycles. The van der Waals surface area contributed by atoms with Crippen LogP contribution < -0.4 is 5.73 Å². The van der Waals surface area contributed by atoms with Crippen LogP contribution in [-0.4, -0.2) is 15.8 Å². The zero-order chi connectivity index (χ0) is 11.0. The Morgan fingerprint density at radius 1 is 1.53 bits per heavy atom. The van der Waals surface area contributed by atoms with Crippen LogP contribution >= 0.6 is 15.9 Å². The van der Waals surface area contributed by atoms with Crippen molar-refractivity contribution < 1.29 is 0 Å². The van der Waals surface area contributed by atoms with Crippen LogP contribution in [0.4, 0.5) is 0 Å². The number of hydrogen-bond donors (Lipinski definition) is 1. The van der Waals surface area contributed by atoms with Crippen LogP contribution in [0.5, 0.6) is 0 Å². The summed E-state index contributed by atoms with van der Waals surface area (Å²) in [7, 11) is 2.02.